The lowest BCUT2D eigenvalue weighted by atomic mass is 10.2. The molecule has 154 valence electrons. The van der Waals surface area contributed by atoms with Crippen LogP contribution >= 0.6 is 0 Å². The van der Waals surface area contributed by atoms with Crippen LogP contribution in [-0.2, 0) is 4.74 Å². The van der Waals surface area contributed by atoms with Crippen LogP contribution in [0.5, 0.6) is 0 Å². The zero-order valence-electron chi connectivity index (χ0n) is 14.8. The second-order valence-corrected chi connectivity index (χ2v) is 5.53. The Morgan fingerprint density at radius 2 is 2.00 bits per heavy atom. The molecule has 1 unspecified atom stereocenters. The van der Waals surface area contributed by atoms with E-state index in [0.29, 0.717) is 12.1 Å². The van der Waals surface area contributed by atoms with Crippen molar-refractivity contribution in [1.82, 2.24) is 10.6 Å². The number of hydrogen-bond donors (Lipinski definition) is 4. The molecule has 0 radical (unpaired) electrons. The molecule has 12 heteroatoms. The number of methoxy groups -OCH3 is 1. The van der Waals surface area contributed by atoms with Crippen LogP contribution in [0.25, 0.3) is 0 Å². The SMILES string of the molecule is COCC(C)N/C(=N/C(=O)c1ccc(F)c(F)c1)N/C(N)=C/C(=N)C(F)(F)F. The maximum Gasteiger partial charge on any atom is 0.432 e. The van der Waals surface area contributed by atoms with Crippen molar-refractivity contribution in [3.63, 3.8) is 0 Å². The summed E-state index contributed by atoms with van der Waals surface area (Å²) in [7, 11) is 1.40. The first-order valence-electron chi connectivity index (χ1n) is 7.67. The Kier molecular flexibility index (Phi) is 8.04. The molecule has 1 rings (SSSR count). The van der Waals surface area contributed by atoms with Gasteiger partial charge in [0.1, 0.15) is 11.5 Å². The maximum absolute atomic E-state index is 13.3. The molecule has 0 aliphatic rings. The molecule has 0 heterocycles. The first-order valence-corrected chi connectivity index (χ1v) is 7.67. The third kappa shape index (κ3) is 7.31. The average molecular weight is 407 g/mol. The average Bonchev–Trinajstić information content (AvgIpc) is 2.56. The minimum atomic E-state index is -4.91. The van der Waals surface area contributed by atoms with E-state index in [-0.39, 0.29) is 18.1 Å². The van der Waals surface area contributed by atoms with Crippen molar-refractivity contribution in [2.45, 2.75) is 19.1 Å². The first-order chi connectivity index (χ1) is 12.9. The van der Waals surface area contributed by atoms with Gasteiger partial charge in [0, 0.05) is 24.8 Å². The fourth-order valence-electron chi connectivity index (χ4n) is 1.83. The molecule has 0 saturated carbocycles. The van der Waals surface area contributed by atoms with E-state index in [1.54, 1.807) is 6.92 Å². The Bertz CT molecular complexity index is 792. The molecule has 0 fully saturated rings. The predicted octanol–water partition coefficient (Wildman–Crippen LogP) is 2.06. The van der Waals surface area contributed by atoms with Crippen LogP contribution in [0.2, 0.25) is 0 Å². The number of amides is 1. The number of nitrogens with one attached hydrogen (secondary N) is 3. The number of carbonyl (C=O) groups excluding carboxylic acids is 1. The smallest absolute Gasteiger partial charge is 0.385 e. The second kappa shape index (κ2) is 9.78. The summed E-state index contributed by atoms with van der Waals surface area (Å²) >= 11 is 0. The standard InChI is InChI=1S/C16H18F5N5O2/c1-8(7-28-2)24-15(25-13(23)6-12(22)16(19,20)21)26-14(27)9-3-4-10(17)11(18)5-9/h3-6,8,22H,7,23H2,1-2H3,(H2,24,25,26,27)/b13-6+,22-12?. The minimum Gasteiger partial charge on any atom is -0.385 e. The first kappa shape index (κ1) is 23.0. The Hall–Kier alpha value is -3.02. The van der Waals surface area contributed by atoms with E-state index in [1.807, 2.05) is 0 Å². The van der Waals surface area contributed by atoms with Gasteiger partial charge >= 0.3 is 6.18 Å². The van der Waals surface area contributed by atoms with E-state index in [1.165, 1.54) is 7.11 Å². The lowest BCUT2D eigenvalue weighted by molar-refractivity contribution is -0.0584. The molecule has 1 atom stereocenters. The van der Waals surface area contributed by atoms with Gasteiger partial charge in [0.15, 0.2) is 11.6 Å². The molecular formula is C16H18F5N5O2. The Balaban J connectivity index is 3.11. The number of halogens is 5. The van der Waals surface area contributed by atoms with Gasteiger partial charge in [-0.15, -0.1) is 0 Å². The number of aliphatic imine (C=N–C) groups is 1. The highest BCUT2D eigenvalue weighted by molar-refractivity contribution is 6.03. The Labute approximate surface area is 157 Å². The normalized spacial score (nSPS) is 13.8. The third-order valence-electron chi connectivity index (χ3n) is 3.05. The number of allylic oxidation sites excluding steroid dienone is 1. The topological polar surface area (TPSA) is 113 Å². The molecule has 0 aliphatic carbocycles. The summed E-state index contributed by atoms with van der Waals surface area (Å²) in [5.74, 6) is -4.45. The van der Waals surface area contributed by atoms with E-state index in [2.05, 4.69) is 15.6 Å². The minimum absolute atomic E-state index is 0.141. The molecular weight excluding hydrogens is 389 g/mol. The molecule has 5 N–H and O–H groups in total. The fraction of sp³-hybridized carbons (Fsp3) is 0.312. The van der Waals surface area contributed by atoms with Crippen LogP contribution in [0.4, 0.5) is 22.0 Å². The van der Waals surface area contributed by atoms with Crippen LogP contribution in [0.1, 0.15) is 17.3 Å². The van der Waals surface area contributed by atoms with E-state index in [4.69, 9.17) is 15.9 Å². The number of benzene rings is 1. The summed E-state index contributed by atoms with van der Waals surface area (Å²) in [6.07, 6.45) is -4.62. The van der Waals surface area contributed by atoms with Gasteiger partial charge in [-0.05, 0) is 25.1 Å². The lowest BCUT2D eigenvalue weighted by Crippen LogP contribution is -2.45. The summed E-state index contributed by atoms with van der Waals surface area (Å²) < 4.78 is 68.4. The number of nitrogens with zero attached hydrogens (tertiary/aromatic N) is 1. The lowest BCUT2D eigenvalue weighted by Gasteiger charge is -2.17. The molecule has 0 bridgehead atoms. The van der Waals surface area contributed by atoms with E-state index < -0.39 is 41.3 Å². The van der Waals surface area contributed by atoms with E-state index >= 15 is 0 Å². The van der Waals surface area contributed by atoms with Gasteiger partial charge in [-0.2, -0.15) is 18.2 Å². The van der Waals surface area contributed by atoms with Crippen molar-refractivity contribution in [3.8, 4) is 0 Å². The van der Waals surface area contributed by atoms with E-state index in [0.717, 1.165) is 12.1 Å². The van der Waals surface area contributed by atoms with Crippen LogP contribution in [0, 0.1) is 17.0 Å². The molecule has 0 spiro atoms. The van der Waals surface area contributed by atoms with Gasteiger partial charge in [0.25, 0.3) is 5.91 Å². The largest absolute Gasteiger partial charge is 0.432 e. The van der Waals surface area contributed by atoms with Crippen molar-refractivity contribution in [3.05, 3.63) is 47.3 Å². The molecule has 1 aromatic rings. The van der Waals surface area contributed by atoms with Gasteiger partial charge in [-0.1, -0.05) is 0 Å². The van der Waals surface area contributed by atoms with Crippen LogP contribution in [0.15, 0.2) is 35.1 Å². The van der Waals surface area contributed by atoms with Gasteiger partial charge in [0.2, 0.25) is 5.96 Å². The Morgan fingerprint density at radius 3 is 2.54 bits per heavy atom. The predicted molar refractivity (Wildman–Crippen MR) is 91.8 cm³/mol. The number of hydrogen-bond acceptors (Lipinski definition) is 4. The van der Waals surface area contributed by atoms with Gasteiger partial charge in [0.05, 0.1) is 6.61 Å². The Morgan fingerprint density at radius 1 is 1.36 bits per heavy atom. The van der Waals surface area contributed by atoms with Crippen LogP contribution < -0.4 is 16.4 Å². The monoisotopic (exact) mass is 407 g/mol. The number of ether oxygens (including phenoxy) is 1. The molecule has 0 aliphatic heterocycles. The van der Waals surface area contributed by atoms with E-state index in [9.17, 15) is 26.7 Å². The van der Waals surface area contributed by atoms with Crippen molar-refractivity contribution in [1.29, 1.82) is 5.41 Å². The molecule has 28 heavy (non-hydrogen) atoms. The maximum atomic E-state index is 13.3. The van der Waals surface area contributed by atoms with Crippen molar-refractivity contribution in [2.24, 2.45) is 10.7 Å². The number of guanidine groups is 1. The summed E-state index contributed by atoms with van der Waals surface area (Å²) in [5, 5.41) is 11.8. The number of rotatable bonds is 6. The zero-order chi connectivity index (χ0) is 21.5. The number of carbonyl (C=O) groups is 1. The third-order valence-corrected chi connectivity index (χ3v) is 3.05. The molecule has 1 amide bonds. The molecule has 1 aromatic carbocycles. The second-order valence-electron chi connectivity index (χ2n) is 5.53. The highest BCUT2D eigenvalue weighted by atomic mass is 19.4. The van der Waals surface area contributed by atoms with Gasteiger partial charge < -0.3 is 21.1 Å². The summed E-state index contributed by atoms with van der Waals surface area (Å²) in [6.45, 7) is 1.75. The molecule has 0 saturated heterocycles. The number of nitrogens with two attached hydrogens (primary N) is 1. The van der Waals surface area contributed by atoms with Gasteiger partial charge in [-0.25, -0.2) is 8.78 Å². The van der Waals surface area contributed by atoms with Crippen LogP contribution in [-0.4, -0.2) is 43.5 Å². The molecule has 7 nitrogen and oxygen atoms in total. The quantitative estimate of drug-likeness (QED) is 0.328. The van der Waals surface area contributed by atoms with Crippen molar-refractivity contribution in [2.75, 3.05) is 13.7 Å². The highest BCUT2D eigenvalue weighted by Gasteiger charge is 2.32. The van der Waals surface area contributed by atoms with Crippen molar-refractivity contribution >= 4 is 17.6 Å². The fourth-order valence-corrected chi connectivity index (χ4v) is 1.83. The number of alkyl halides is 3. The molecule has 0 aromatic heterocycles. The van der Waals surface area contributed by atoms with Gasteiger partial charge in [-0.3, -0.25) is 10.2 Å². The van der Waals surface area contributed by atoms with Crippen LogP contribution in [0.3, 0.4) is 0 Å². The summed E-state index contributed by atoms with van der Waals surface area (Å²) in [6, 6.07) is 1.88. The summed E-state index contributed by atoms with van der Waals surface area (Å²) in [5.41, 5.74) is 3.39. The van der Waals surface area contributed by atoms with Crippen molar-refractivity contribution < 1.29 is 31.5 Å². The zero-order valence-corrected chi connectivity index (χ0v) is 14.8. The summed E-state index contributed by atoms with van der Waals surface area (Å²) in [4.78, 5) is 15.7. The highest BCUT2D eigenvalue weighted by Crippen LogP contribution is 2.17.